The third kappa shape index (κ3) is 7.13. The van der Waals surface area contributed by atoms with Gasteiger partial charge in [0.15, 0.2) is 0 Å². The van der Waals surface area contributed by atoms with E-state index in [4.69, 9.17) is 14.2 Å². The highest BCUT2D eigenvalue weighted by molar-refractivity contribution is 7.89. The van der Waals surface area contributed by atoms with E-state index < -0.39 is 10.0 Å². The number of anilines is 1. The number of hydrogen-bond donors (Lipinski definition) is 0. The van der Waals surface area contributed by atoms with Crippen molar-refractivity contribution in [3.63, 3.8) is 0 Å². The Bertz CT molecular complexity index is 1500. The van der Waals surface area contributed by atoms with Crippen LogP contribution in [-0.2, 0) is 21.4 Å². The van der Waals surface area contributed by atoms with Crippen molar-refractivity contribution in [2.45, 2.75) is 76.7 Å². The second kappa shape index (κ2) is 14.2. The molecule has 3 fully saturated rings. The SMILES string of the molecule is COc1cc(OC2CCN(S(=O)(=O)CCCN3CCC[C@H]3C)CC2)ccc1C(=O)N1CCC(N2C(=O)OCc3ccccc32)CC1. The number of carbonyl (C=O) groups excluding carboxylic acids is 2. The lowest BCUT2D eigenvalue weighted by Gasteiger charge is -2.40. The number of likely N-dealkylation sites (tertiary alicyclic amines) is 2. The van der Waals surface area contributed by atoms with Crippen LogP contribution in [0.4, 0.5) is 10.5 Å². The molecule has 4 aliphatic heterocycles. The maximum Gasteiger partial charge on any atom is 0.414 e. The number of amides is 2. The van der Waals surface area contributed by atoms with Crippen molar-refractivity contribution < 1.29 is 32.2 Å². The Morgan fingerprint density at radius 3 is 2.46 bits per heavy atom. The van der Waals surface area contributed by atoms with E-state index in [1.54, 1.807) is 32.3 Å². The van der Waals surface area contributed by atoms with E-state index >= 15 is 0 Å². The van der Waals surface area contributed by atoms with Crippen molar-refractivity contribution in [1.29, 1.82) is 0 Å². The van der Waals surface area contributed by atoms with Crippen LogP contribution in [0.1, 0.15) is 67.8 Å². The fourth-order valence-electron chi connectivity index (χ4n) is 7.26. The van der Waals surface area contributed by atoms with Crippen molar-refractivity contribution in [2.75, 3.05) is 57.0 Å². The van der Waals surface area contributed by atoms with Gasteiger partial charge in [0.2, 0.25) is 10.0 Å². The molecule has 0 saturated carbocycles. The summed E-state index contributed by atoms with van der Waals surface area (Å²) in [7, 11) is -1.75. The first-order valence-corrected chi connectivity index (χ1v) is 18.2. The quantitative estimate of drug-likeness (QED) is 0.369. The van der Waals surface area contributed by atoms with E-state index in [-0.39, 0.29) is 36.5 Å². The number of fused-ring (bicyclic) bond motifs is 1. The Hall–Kier alpha value is -3.35. The predicted octanol–water partition coefficient (Wildman–Crippen LogP) is 4.50. The molecule has 46 heavy (non-hydrogen) atoms. The molecule has 250 valence electrons. The van der Waals surface area contributed by atoms with E-state index in [0.717, 1.165) is 24.3 Å². The first-order valence-electron chi connectivity index (χ1n) is 16.6. The van der Waals surface area contributed by atoms with Crippen molar-refractivity contribution in [1.82, 2.24) is 14.1 Å². The number of rotatable bonds is 10. The molecule has 0 N–H and O–H groups in total. The maximum absolute atomic E-state index is 13.6. The Morgan fingerprint density at radius 2 is 1.74 bits per heavy atom. The van der Waals surface area contributed by atoms with Crippen LogP contribution in [0.5, 0.6) is 11.5 Å². The molecule has 0 aliphatic carbocycles. The second-order valence-electron chi connectivity index (χ2n) is 12.9. The molecule has 4 aliphatic rings. The lowest BCUT2D eigenvalue weighted by molar-refractivity contribution is 0.0705. The summed E-state index contributed by atoms with van der Waals surface area (Å²) in [6, 6.07) is 13.5. The van der Waals surface area contributed by atoms with Crippen LogP contribution in [0, 0.1) is 0 Å². The average molecular weight is 655 g/mol. The largest absolute Gasteiger partial charge is 0.496 e. The van der Waals surface area contributed by atoms with Crippen LogP contribution < -0.4 is 14.4 Å². The number of benzene rings is 2. The molecule has 2 aromatic carbocycles. The summed E-state index contributed by atoms with van der Waals surface area (Å²) in [6.07, 6.45) is 5.10. The van der Waals surface area contributed by atoms with E-state index in [1.807, 2.05) is 24.3 Å². The number of piperidine rings is 2. The molecule has 2 amide bonds. The predicted molar refractivity (Wildman–Crippen MR) is 175 cm³/mol. The molecule has 2 aromatic rings. The maximum atomic E-state index is 13.6. The molecule has 1 atom stereocenters. The zero-order chi connectivity index (χ0) is 32.3. The number of carbonyl (C=O) groups is 2. The van der Waals surface area contributed by atoms with Gasteiger partial charge in [-0.1, -0.05) is 18.2 Å². The van der Waals surface area contributed by atoms with Gasteiger partial charge in [0.05, 0.1) is 24.1 Å². The van der Waals surface area contributed by atoms with Gasteiger partial charge in [-0.25, -0.2) is 17.5 Å². The number of ether oxygens (including phenoxy) is 3. The monoisotopic (exact) mass is 654 g/mol. The van der Waals surface area contributed by atoms with Gasteiger partial charge >= 0.3 is 6.09 Å². The summed E-state index contributed by atoms with van der Waals surface area (Å²) < 4.78 is 44.8. The molecule has 0 unspecified atom stereocenters. The lowest BCUT2D eigenvalue weighted by atomic mass is 10.00. The minimum atomic E-state index is -3.29. The number of para-hydroxylation sites is 1. The summed E-state index contributed by atoms with van der Waals surface area (Å²) in [5, 5.41) is 0. The van der Waals surface area contributed by atoms with Crippen LogP contribution in [0.3, 0.4) is 0 Å². The average Bonchev–Trinajstić information content (AvgIpc) is 3.48. The highest BCUT2D eigenvalue weighted by Crippen LogP contribution is 2.33. The van der Waals surface area contributed by atoms with Crippen LogP contribution in [0.15, 0.2) is 42.5 Å². The summed E-state index contributed by atoms with van der Waals surface area (Å²) in [6.45, 7) is 6.30. The van der Waals surface area contributed by atoms with Gasteiger partial charge < -0.3 is 24.0 Å². The van der Waals surface area contributed by atoms with Crippen molar-refractivity contribution in [3.8, 4) is 11.5 Å². The summed E-state index contributed by atoms with van der Waals surface area (Å²) in [5.41, 5.74) is 2.33. The molecule has 0 aromatic heterocycles. The minimum absolute atomic E-state index is 0.0455. The summed E-state index contributed by atoms with van der Waals surface area (Å²) >= 11 is 0. The molecule has 0 spiro atoms. The van der Waals surface area contributed by atoms with Gasteiger partial charge in [-0.15, -0.1) is 0 Å². The topological polar surface area (TPSA) is 109 Å². The number of sulfonamides is 1. The number of methoxy groups -OCH3 is 1. The smallest absolute Gasteiger partial charge is 0.414 e. The molecule has 6 rings (SSSR count). The first kappa shape index (κ1) is 32.6. The van der Waals surface area contributed by atoms with Gasteiger partial charge in [-0.2, -0.15) is 0 Å². The number of hydrogen-bond acceptors (Lipinski definition) is 8. The fourth-order valence-corrected chi connectivity index (χ4v) is 8.78. The normalized spacial score (nSPS) is 22.0. The number of nitrogens with zero attached hydrogens (tertiary/aromatic N) is 4. The van der Waals surface area contributed by atoms with E-state index in [9.17, 15) is 18.0 Å². The third-order valence-corrected chi connectivity index (χ3v) is 11.9. The van der Waals surface area contributed by atoms with Crippen LogP contribution in [0.25, 0.3) is 0 Å². The zero-order valence-electron chi connectivity index (χ0n) is 26.9. The Labute approximate surface area is 272 Å². The molecule has 0 bridgehead atoms. The van der Waals surface area contributed by atoms with Crippen molar-refractivity contribution in [2.24, 2.45) is 0 Å². The van der Waals surface area contributed by atoms with Crippen molar-refractivity contribution in [3.05, 3.63) is 53.6 Å². The molecule has 4 heterocycles. The second-order valence-corrected chi connectivity index (χ2v) is 14.9. The number of cyclic esters (lactones) is 1. The molecular formula is C34H46N4O7S. The van der Waals surface area contributed by atoms with E-state index in [2.05, 4.69) is 11.8 Å². The Balaban J connectivity index is 0.995. The Morgan fingerprint density at radius 1 is 0.978 bits per heavy atom. The zero-order valence-corrected chi connectivity index (χ0v) is 27.8. The highest BCUT2D eigenvalue weighted by atomic mass is 32.2. The molecule has 0 radical (unpaired) electrons. The van der Waals surface area contributed by atoms with Crippen molar-refractivity contribution >= 4 is 27.7 Å². The Kier molecular flexibility index (Phi) is 10.0. The van der Waals surface area contributed by atoms with Gasteiger partial charge in [0.25, 0.3) is 5.91 Å². The van der Waals surface area contributed by atoms with Crippen LogP contribution in [-0.4, -0.2) is 105 Å². The van der Waals surface area contributed by atoms with Gasteiger partial charge in [-0.05, 0) is 83.2 Å². The van der Waals surface area contributed by atoms with E-state index in [0.29, 0.717) is 81.4 Å². The lowest BCUT2D eigenvalue weighted by Crippen LogP contribution is -2.50. The third-order valence-electron chi connectivity index (χ3n) is 9.95. The summed E-state index contributed by atoms with van der Waals surface area (Å²) in [4.78, 5) is 32.2. The first-order chi connectivity index (χ1) is 22.2. The fraction of sp³-hybridized carbons (Fsp3) is 0.588. The minimum Gasteiger partial charge on any atom is -0.496 e. The van der Waals surface area contributed by atoms with Gasteiger partial charge in [-0.3, -0.25) is 9.69 Å². The molecular weight excluding hydrogens is 608 g/mol. The molecule has 12 heteroatoms. The molecule has 3 saturated heterocycles. The van der Waals surface area contributed by atoms with Gasteiger partial charge in [0, 0.05) is 49.9 Å². The van der Waals surface area contributed by atoms with E-state index in [1.165, 1.54) is 20.0 Å². The highest BCUT2D eigenvalue weighted by Gasteiger charge is 2.36. The molecule has 11 nitrogen and oxygen atoms in total. The van der Waals surface area contributed by atoms with Crippen LogP contribution in [0.2, 0.25) is 0 Å². The summed E-state index contributed by atoms with van der Waals surface area (Å²) in [5.74, 6) is 1.09. The van der Waals surface area contributed by atoms with Gasteiger partial charge in [0.1, 0.15) is 24.2 Å². The standard InChI is InChI=1S/C34H46N4O7S/c1-25-7-5-16-35(25)17-6-22-46(41,42)37-20-14-28(15-21-37)45-29-10-11-30(32(23-29)43-2)33(39)36-18-12-27(13-19-36)38-31-9-4-3-8-26(31)24-44-34(38)40/h3-4,8-11,23,25,27-28H,5-7,12-22,24H2,1-2H3/t25-/m1/s1. The van der Waals surface area contributed by atoms with Crippen LogP contribution >= 0.6 is 0 Å².